The SMILES string of the molecule is CCCNCCn1c(=O)oc2cccnc21. The van der Waals surface area contributed by atoms with Crippen LogP contribution in [0.5, 0.6) is 0 Å². The first-order chi connectivity index (χ1) is 7.83. The number of nitrogens with zero attached hydrogens (tertiary/aromatic N) is 2. The van der Waals surface area contributed by atoms with Gasteiger partial charge in [0.1, 0.15) is 0 Å². The van der Waals surface area contributed by atoms with E-state index in [-0.39, 0.29) is 5.76 Å². The monoisotopic (exact) mass is 221 g/mol. The van der Waals surface area contributed by atoms with Crippen molar-refractivity contribution in [2.45, 2.75) is 19.9 Å². The molecule has 0 aliphatic carbocycles. The number of fused-ring (bicyclic) bond motifs is 1. The Morgan fingerprint density at radius 2 is 2.38 bits per heavy atom. The third kappa shape index (κ3) is 2.14. The van der Waals surface area contributed by atoms with E-state index in [0.717, 1.165) is 19.5 Å². The summed E-state index contributed by atoms with van der Waals surface area (Å²) < 4.78 is 6.63. The first-order valence-electron chi connectivity index (χ1n) is 5.48. The second-order valence-electron chi connectivity index (χ2n) is 3.59. The maximum absolute atomic E-state index is 11.5. The molecule has 2 heterocycles. The Morgan fingerprint density at radius 1 is 1.50 bits per heavy atom. The maximum Gasteiger partial charge on any atom is 0.421 e. The fraction of sp³-hybridized carbons (Fsp3) is 0.455. The molecule has 16 heavy (non-hydrogen) atoms. The molecule has 0 atom stereocenters. The highest BCUT2D eigenvalue weighted by Gasteiger charge is 2.08. The number of pyridine rings is 1. The minimum Gasteiger partial charge on any atom is -0.406 e. The standard InChI is InChI=1S/C11H15N3O2/c1-2-5-12-7-8-14-10-9(16-11(14)15)4-3-6-13-10/h3-4,6,12H,2,5,7-8H2,1H3. The molecular weight excluding hydrogens is 206 g/mol. The highest BCUT2D eigenvalue weighted by atomic mass is 16.4. The molecule has 5 heteroatoms. The number of oxazole rings is 1. The van der Waals surface area contributed by atoms with Gasteiger partial charge in [-0.05, 0) is 25.1 Å². The Kier molecular flexibility index (Phi) is 3.36. The lowest BCUT2D eigenvalue weighted by Gasteiger charge is -2.02. The molecule has 5 nitrogen and oxygen atoms in total. The lowest BCUT2D eigenvalue weighted by Crippen LogP contribution is -2.25. The van der Waals surface area contributed by atoms with Gasteiger partial charge >= 0.3 is 5.76 Å². The van der Waals surface area contributed by atoms with Crippen LogP contribution in [0.15, 0.2) is 27.5 Å². The van der Waals surface area contributed by atoms with Crippen LogP contribution in [0, 0.1) is 0 Å². The molecule has 0 amide bonds. The molecule has 2 rings (SSSR count). The molecule has 2 aromatic heterocycles. The molecule has 0 fully saturated rings. The van der Waals surface area contributed by atoms with Crippen LogP contribution in [0.1, 0.15) is 13.3 Å². The first-order valence-corrected chi connectivity index (χ1v) is 5.48. The molecule has 0 spiro atoms. The van der Waals surface area contributed by atoms with Crippen LogP contribution in [0.3, 0.4) is 0 Å². The molecule has 0 saturated carbocycles. The number of aromatic nitrogens is 2. The van der Waals surface area contributed by atoms with E-state index in [0.29, 0.717) is 17.8 Å². The second kappa shape index (κ2) is 4.94. The van der Waals surface area contributed by atoms with Crippen molar-refractivity contribution in [2.24, 2.45) is 0 Å². The van der Waals surface area contributed by atoms with E-state index in [1.54, 1.807) is 22.9 Å². The topological polar surface area (TPSA) is 60.1 Å². The Bertz CT molecular complexity index is 515. The fourth-order valence-electron chi connectivity index (χ4n) is 1.59. The molecule has 86 valence electrons. The van der Waals surface area contributed by atoms with E-state index < -0.39 is 0 Å². The molecule has 0 bridgehead atoms. The Labute approximate surface area is 93.1 Å². The number of hydrogen-bond acceptors (Lipinski definition) is 4. The van der Waals surface area contributed by atoms with Crippen molar-refractivity contribution in [3.05, 3.63) is 28.9 Å². The average molecular weight is 221 g/mol. The van der Waals surface area contributed by atoms with Gasteiger partial charge in [-0.2, -0.15) is 0 Å². The molecule has 0 aliphatic heterocycles. The largest absolute Gasteiger partial charge is 0.421 e. The zero-order chi connectivity index (χ0) is 11.4. The zero-order valence-corrected chi connectivity index (χ0v) is 9.27. The van der Waals surface area contributed by atoms with Crippen LogP contribution >= 0.6 is 0 Å². The summed E-state index contributed by atoms with van der Waals surface area (Å²) in [4.78, 5) is 15.7. The predicted octanol–water partition coefficient (Wildman–Crippen LogP) is 0.989. The van der Waals surface area contributed by atoms with Crippen LogP contribution in [-0.4, -0.2) is 22.6 Å². The van der Waals surface area contributed by atoms with Gasteiger partial charge in [-0.25, -0.2) is 9.78 Å². The predicted molar refractivity (Wildman–Crippen MR) is 61.4 cm³/mol. The lowest BCUT2D eigenvalue weighted by molar-refractivity contribution is 0.493. The van der Waals surface area contributed by atoms with Gasteiger partial charge in [0.25, 0.3) is 0 Å². The number of rotatable bonds is 5. The normalized spacial score (nSPS) is 11.1. The van der Waals surface area contributed by atoms with E-state index in [9.17, 15) is 4.79 Å². The van der Waals surface area contributed by atoms with Crippen molar-refractivity contribution >= 4 is 11.2 Å². The van der Waals surface area contributed by atoms with Crippen LogP contribution in [-0.2, 0) is 6.54 Å². The van der Waals surface area contributed by atoms with Gasteiger partial charge in [0, 0.05) is 19.3 Å². The molecule has 0 saturated heterocycles. The summed E-state index contributed by atoms with van der Waals surface area (Å²) in [5.41, 5.74) is 1.16. The number of nitrogens with one attached hydrogen (secondary N) is 1. The lowest BCUT2D eigenvalue weighted by atomic mass is 10.4. The van der Waals surface area contributed by atoms with E-state index in [2.05, 4.69) is 17.2 Å². The minimum atomic E-state index is -0.341. The van der Waals surface area contributed by atoms with Crippen LogP contribution < -0.4 is 11.1 Å². The van der Waals surface area contributed by atoms with Crippen molar-refractivity contribution in [2.75, 3.05) is 13.1 Å². The summed E-state index contributed by atoms with van der Waals surface area (Å²) in [6, 6.07) is 3.50. The zero-order valence-electron chi connectivity index (χ0n) is 9.27. The van der Waals surface area contributed by atoms with E-state index >= 15 is 0 Å². The van der Waals surface area contributed by atoms with Gasteiger partial charge in [0.05, 0.1) is 0 Å². The summed E-state index contributed by atoms with van der Waals surface area (Å²) in [5.74, 6) is -0.341. The van der Waals surface area contributed by atoms with E-state index in [1.807, 2.05) is 0 Å². The van der Waals surface area contributed by atoms with E-state index in [1.165, 1.54) is 0 Å². The molecule has 0 unspecified atom stereocenters. The smallest absolute Gasteiger partial charge is 0.406 e. The summed E-state index contributed by atoms with van der Waals surface area (Å²) in [6.07, 6.45) is 2.74. The van der Waals surface area contributed by atoms with Gasteiger partial charge in [0.2, 0.25) is 0 Å². The molecule has 0 aromatic carbocycles. The van der Waals surface area contributed by atoms with Crippen LogP contribution in [0.2, 0.25) is 0 Å². The van der Waals surface area contributed by atoms with E-state index in [4.69, 9.17) is 4.42 Å². The van der Waals surface area contributed by atoms with Gasteiger partial charge in [-0.1, -0.05) is 6.92 Å². The maximum atomic E-state index is 11.5. The Balaban J connectivity index is 2.16. The molecular formula is C11H15N3O2. The summed E-state index contributed by atoms with van der Waals surface area (Å²) >= 11 is 0. The molecule has 2 aromatic rings. The summed E-state index contributed by atoms with van der Waals surface area (Å²) in [5, 5.41) is 3.24. The van der Waals surface area contributed by atoms with Crippen molar-refractivity contribution in [1.29, 1.82) is 0 Å². The van der Waals surface area contributed by atoms with Crippen molar-refractivity contribution in [1.82, 2.24) is 14.9 Å². The summed E-state index contributed by atoms with van der Waals surface area (Å²) in [6.45, 7) is 4.40. The average Bonchev–Trinajstić information content (AvgIpc) is 2.61. The second-order valence-corrected chi connectivity index (χ2v) is 3.59. The Hall–Kier alpha value is -1.62. The van der Waals surface area contributed by atoms with Gasteiger partial charge in [-0.15, -0.1) is 0 Å². The van der Waals surface area contributed by atoms with Crippen molar-refractivity contribution < 1.29 is 4.42 Å². The minimum absolute atomic E-state index is 0.341. The van der Waals surface area contributed by atoms with Crippen molar-refractivity contribution in [3.8, 4) is 0 Å². The summed E-state index contributed by atoms with van der Waals surface area (Å²) in [7, 11) is 0. The van der Waals surface area contributed by atoms with Crippen molar-refractivity contribution in [3.63, 3.8) is 0 Å². The van der Waals surface area contributed by atoms with Crippen LogP contribution in [0.25, 0.3) is 11.2 Å². The van der Waals surface area contributed by atoms with Gasteiger partial charge in [-0.3, -0.25) is 4.57 Å². The first kappa shape index (κ1) is 10.9. The van der Waals surface area contributed by atoms with Gasteiger partial charge in [0.15, 0.2) is 11.2 Å². The quantitative estimate of drug-likeness (QED) is 0.765. The fourth-order valence-corrected chi connectivity index (χ4v) is 1.59. The van der Waals surface area contributed by atoms with Crippen LogP contribution in [0.4, 0.5) is 0 Å². The third-order valence-corrected chi connectivity index (χ3v) is 2.36. The third-order valence-electron chi connectivity index (χ3n) is 2.36. The van der Waals surface area contributed by atoms with Gasteiger partial charge < -0.3 is 9.73 Å². The molecule has 1 N–H and O–H groups in total. The molecule has 0 radical (unpaired) electrons. The number of hydrogen-bond donors (Lipinski definition) is 1. The highest BCUT2D eigenvalue weighted by molar-refractivity contribution is 5.67. The Morgan fingerprint density at radius 3 is 3.19 bits per heavy atom. The highest BCUT2D eigenvalue weighted by Crippen LogP contribution is 2.07. The molecule has 0 aliphatic rings.